The van der Waals surface area contributed by atoms with Crippen LogP contribution >= 0.6 is 12.8 Å². The van der Waals surface area contributed by atoms with E-state index >= 15 is 0 Å². The summed E-state index contributed by atoms with van der Waals surface area (Å²) in [4.78, 5) is 4.00. The number of pyridine rings is 1. The van der Waals surface area contributed by atoms with Gasteiger partial charge in [0.25, 0.3) is 0 Å². The minimum Gasteiger partial charge on any atom is -0.264 e. The first kappa shape index (κ1) is 7.36. The molecule has 2 rings (SSSR count). The maximum Gasteiger partial charge on any atom is 0.0949 e. The number of rotatable bonds is 1. The molecular formula is C8H7N3S. The highest BCUT2D eigenvalue weighted by molar-refractivity contribution is 7.78. The van der Waals surface area contributed by atoms with Gasteiger partial charge < -0.3 is 0 Å². The average Bonchev–Trinajstić information content (AvgIpc) is 2.54. The van der Waals surface area contributed by atoms with Crippen molar-refractivity contribution in [3.05, 3.63) is 36.8 Å². The predicted molar refractivity (Wildman–Crippen MR) is 49.8 cm³/mol. The Bertz CT molecular complexity index is 369. The molecule has 2 heterocycles. The predicted octanol–water partition coefficient (Wildman–Crippen LogP) is 1.64. The van der Waals surface area contributed by atoms with Gasteiger partial charge in [0, 0.05) is 24.2 Å². The molecule has 0 fully saturated rings. The summed E-state index contributed by atoms with van der Waals surface area (Å²) in [5, 5.41) is 4.12. The van der Waals surface area contributed by atoms with E-state index in [0.29, 0.717) is 0 Å². The summed E-state index contributed by atoms with van der Waals surface area (Å²) < 4.78 is 1.47. The van der Waals surface area contributed by atoms with Crippen LogP contribution in [-0.4, -0.2) is 14.2 Å². The fraction of sp³-hybridized carbons (Fsp3) is 0. The minimum absolute atomic E-state index is 0.887. The van der Waals surface area contributed by atoms with Gasteiger partial charge in [0.05, 0.1) is 5.69 Å². The molecule has 0 bridgehead atoms. The smallest absolute Gasteiger partial charge is 0.0949 e. The van der Waals surface area contributed by atoms with Gasteiger partial charge in [-0.3, -0.25) is 4.98 Å². The molecule has 60 valence electrons. The third-order valence-corrected chi connectivity index (χ3v) is 1.76. The largest absolute Gasteiger partial charge is 0.264 e. The number of aromatic nitrogens is 3. The highest BCUT2D eigenvalue weighted by atomic mass is 32.1. The Balaban J connectivity index is 2.45. The van der Waals surface area contributed by atoms with Crippen molar-refractivity contribution in [1.29, 1.82) is 0 Å². The standard InChI is InChI=1S/C8H7N3S/c12-11-5-3-8(10-11)7-2-1-4-9-6-7/h1-6,12H. The van der Waals surface area contributed by atoms with Crippen molar-refractivity contribution in [2.24, 2.45) is 0 Å². The maximum absolute atomic E-state index is 4.12. The van der Waals surface area contributed by atoms with Crippen molar-refractivity contribution in [2.75, 3.05) is 0 Å². The van der Waals surface area contributed by atoms with Crippen LogP contribution in [0.25, 0.3) is 11.3 Å². The molecule has 0 saturated heterocycles. The van der Waals surface area contributed by atoms with Gasteiger partial charge in [0.1, 0.15) is 0 Å². The van der Waals surface area contributed by atoms with Crippen molar-refractivity contribution >= 4 is 12.8 Å². The first-order valence-corrected chi connectivity index (χ1v) is 3.91. The summed E-state index contributed by atoms with van der Waals surface area (Å²) in [6.07, 6.45) is 5.29. The summed E-state index contributed by atoms with van der Waals surface area (Å²) in [6, 6.07) is 5.74. The first-order chi connectivity index (χ1) is 5.86. The van der Waals surface area contributed by atoms with Crippen molar-refractivity contribution < 1.29 is 0 Å². The van der Waals surface area contributed by atoms with E-state index < -0.39 is 0 Å². The van der Waals surface area contributed by atoms with Crippen LogP contribution in [0.4, 0.5) is 0 Å². The lowest BCUT2D eigenvalue weighted by molar-refractivity contribution is 1.02. The summed E-state index contributed by atoms with van der Waals surface area (Å²) in [5.74, 6) is 0. The minimum atomic E-state index is 0.887. The molecule has 2 aromatic rings. The van der Waals surface area contributed by atoms with E-state index in [1.165, 1.54) is 4.09 Å². The van der Waals surface area contributed by atoms with Crippen LogP contribution in [0.3, 0.4) is 0 Å². The quantitative estimate of drug-likeness (QED) is 0.671. The Morgan fingerprint density at radius 1 is 1.33 bits per heavy atom. The topological polar surface area (TPSA) is 30.7 Å². The molecule has 0 radical (unpaired) electrons. The molecular weight excluding hydrogens is 170 g/mol. The van der Waals surface area contributed by atoms with Gasteiger partial charge >= 0.3 is 0 Å². The van der Waals surface area contributed by atoms with Crippen LogP contribution in [0.15, 0.2) is 36.8 Å². The van der Waals surface area contributed by atoms with Crippen molar-refractivity contribution in [3.63, 3.8) is 0 Å². The lowest BCUT2D eigenvalue weighted by Crippen LogP contribution is -1.82. The average molecular weight is 177 g/mol. The summed E-state index contributed by atoms with van der Waals surface area (Å²) in [7, 11) is 0. The van der Waals surface area contributed by atoms with E-state index in [1.807, 2.05) is 18.2 Å². The Morgan fingerprint density at radius 3 is 2.83 bits per heavy atom. The van der Waals surface area contributed by atoms with E-state index in [1.54, 1.807) is 18.6 Å². The highest BCUT2D eigenvalue weighted by Gasteiger charge is 1.98. The molecule has 0 atom stereocenters. The van der Waals surface area contributed by atoms with E-state index in [-0.39, 0.29) is 0 Å². The van der Waals surface area contributed by atoms with Crippen LogP contribution < -0.4 is 0 Å². The summed E-state index contributed by atoms with van der Waals surface area (Å²) >= 11 is 4.04. The number of hydrogen-bond acceptors (Lipinski definition) is 3. The third-order valence-electron chi connectivity index (χ3n) is 1.53. The molecule has 0 spiro atoms. The van der Waals surface area contributed by atoms with Crippen molar-refractivity contribution in [1.82, 2.24) is 14.2 Å². The van der Waals surface area contributed by atoms with Crippen LogP contribution in [0, 0.1) is 0 Å². The van der Waals surface area contributed by atoms with Gasteiger partial charge in [-0.1, -0.05) is 0 Å². The van der Waals surface area contributed by atoms with Crippen LogP contribution in [-0.2, 0) is 0 Å². The zero-order chi connectivity index (χ0) is 8.39. The Labute approximate surface area is 75.6 Å². The van der Waals surface area contributed by atoms with E-state index in [9.17, 15) is 0 Å². The van der Waals surface area contributed by atoms with E-state index in [4.69, 9.17) is 0 Å². The molecule has 2 aromatic heterocycles. The Kier molecular flexibility index (Phi) is 1.83. The van der Waals surface area contributed by atoms with Crippen molar-refractivity contribution in [2.45, 2.75) is 0 Å². The molecule has 0 saturated carbocycles. The molecule has 4 heteroatoms. The first-order valence-electron chi connectivity index (χ1n) is 3.51. The van der Waals surface area contributed by atoms with Gasteiger partial charge in [-0.25, -0.2) is 4.09 Å². The monoisotopic (exact) mass is 177 g/mol. The molecule has 0 amide bonds. The van der Waals surface area contributed by atoms with Crippen LogP contribution in [0.5, 0.6) is 0 Å². The number of hydrogen-bond donors (Lipinski definition) is 1. The second-order valence-electron chi connectivity index (χ2n) is 2.36. The zero-order valence-corrected chi connectivity index (χ0v) is 7.15. The van der Waals surface area contributed by atoms with Gasteiger partial charge in [-0.05, 0) is 31.0 Å². The summed E-state index contributed by atoms with van der Waals surface area (Å²) in [6.45, 7) is 0. The SMILES string of the molecule is Sn1ccc(-c2cccnc2)n1. The molecule has 0 aliphatic rings. The molecule has 0 aliphatic carbocycles. The second-order valence-corrected chi connectivity index (χ2v) is 2.77. The van der Waals surface area contributed by atoms with E-state index in [0.717, 1.165) is 11.3 Å². The van der Waals surface area contributed by atoms with Gasteiger partial charge in [-0.15, -0.1) is 0 Å². The Morgan fingerprint density at radius 2 is 2.25 bits per heavy atom. The van der Waals surface area contributed by atoms with Crippen LogP contribution in [0.1, 0.15) is 0 Å². The summed E-state index contributed by atoms with van der Waals surface area (Å²) in [5.41, 5.74) is 1.89. The molecule has 0 aliphatic heterocycles. The molecule has 0 aromatic carbocycles. The fourth-order valence-corrected chi connectivity index (χ4v) is 1.15. The number of thiol groups is 1. The van der Waals surface area contributed by atoms with Crippen molar-refractivity contribution in [3.8, 4) is 11.3 Å². The molecule has 3 nitrogen and oxygen atoms in total. The molecule has 0 unspecified atom stereocenters. The highest BCUT2D eigenvalue weighted by Crippen LogP contribution is 2.14. The molecule has 0 N–H and O–H groups in total. The van der Waals surface area contributed by atoms with Crippen LogP contribution in [0.2, 0.25) is 0 Å². The molecule has 12 heavy (non-hydrogen) atoms. The zero-order valence-electron chi connectivity index (χ0n) is 6.25. The third kappa shape index (κ3) is 1.33. The van der Waals surface area contributed by atoms with E-state index in [2.05, 4.69) is 22.9 Å². The lowest BCUT2D eigenvalue weighted by Gasteiger charge is -1.92. The number of nitrogens with zero attached hydrogens (tertiary/aromatic N) is 3. The second kappa shape index (κ2) is 2.98. The van der Waals surface area contributed by atoms with Gasteiger partial charge in [0.2, 0.25) is 0 Å². The maximum atomic E-state index is 4.12. The normalized spacial score (nSPS) is 10.1. The fourth-order valence-electron chi connectivity index (χ4n) is 0.983. The van der Waals surface area contributed by atoms with Gasteiger partial charge in [0.15, 0.2) is 0 Å². The lowest BCUT2D eigenvalue weighted by atomic mass is 10.2. The Hall–Kier alpha value is -1.29. The van der Waals surface area contributed by atoms with Gasteiger partial charge in [-0.2, -0.15) is 5.10 Å².